The second kappa shape index (κ2) is 9.05. The fraction of sp³-hybridized carbons (Fsp3) is 0.407. The molecule has 0 saturated heterocycles. The van der Waals surface area contributed by atoms with Crippen molar-refractivity contribution in [3.63, 3.8) is 0 Å². The van der Waals surface area contributed by atoms with E-state index >= 15 is 0 Å². The number of rotatable bonds is 6. The van der Waals surface area contributed by atoms with Crippen LogP contribution in [0.15, 0.2) is 59.2 Å². The highest BCUT2D eigenvalue weighted by Crippen LogP contribution is 2.35. The molecule has 0 radical (unpaired) electrons. The molecule has 1 aliphatic heterocycles. The van der Waals surface area contributed by atoms with Gasteiger partial charge in [0.25, 0.3) is 5.91 Å². The van der Waals surface area contributed by atoms with Gasteiger partial charge in [-0.3, -0.25) is 9.59 Å². The van der Waals surface area contributed by atoms with Gasteiger partial charge in [-0.15, -0.1) is 0 Å². The Labute approximate surface area is 199 Å². The second-order valence-corrected chi connectivity index (χ2v) is 9.49. The van der Waals surface area contributed by atoms with Gasteiger partial charge in [0.2, 0.25) is 5.91 Å². The number of benzene rings is 1. The molecule has 2 aromatic heterocycles. The maximum absolute atomic E-state index is 13.8. The van der Waals surface area contributed by atoms with Crippen molar-refractivity contribution in [2.45, 2.75) is 63.7 Å². The van der Waals surface area contributed by atoms with Crippen molar-refractivity contribution in [1.29, 1.82) is 0 Å². The minimum atomic E-state index is -1.05. The van der Waals surface area contributed by atoms with Crippen molar-refractivity contribution >= 4 is 11.8 Å². The van der Waals surface area contributed by atoms with E-state index in [1.54, 1.807) is 18.3 Å². The number of ether oxygens (including phenoxy) is 1. The molecule has 1 aliphatic carbocycles. The van der Waals surface area contributed by atoms with E-state index < -0.39 is 5.54 Å². The summed E-state index contributed by atoms with van der Waals surface area (Å²) in [6.45, 7) is 2.56. The molecule has 1 fully saturated rings. The zero-order valence-corrected chi connectivity index (χ0v) is 19.8. The number of fused-ring (bicyclic) bond motifs is 1. The summed E-state index contributed by atoms with van der Waals surface area (Å²) < 4.78 is 12.8. The number of hydrogen-bond donors (Lipinski definition) is 1. The SMILES string of the molecule is COc1ccc(CN2C(=O)c3ccc(-c4ccco4)n3C[C@@]2(C)C(=O)NC2CCCCC2)cc1. The third-order valence-electron chi connectivity index (χ3n) is 7.21. The van der Waals surface area contributed by atoms with Crippen LogP contribution < -0.4 is 10.1 Å². The normalized spacial score (nSPS) is 20.8. The van der Waals surface area contributed by atoms with E-state index in [0.29, 0.717) is 24.5 Å². The Kier molecular flexibility index (Phi) is 5.94. The Morgan fingerprint density at radius 2 is 1.82 bits per heavy atom. The molecule has 178 valence electrons. The highest BCUT2D eigenvalue weighted by atomic mass is 16.5. The van der Waals surface area contributed by atoms with E-state index in [2.05, 4.69) is 5.32 Å². The standard InChI is InChI=1S/C27H31N3O4/c1-27(26(32)28-20-7-4-3-5-8-20)18-29-22(24-9-6-16-34-24)14-15-23(29)25(31)30(27)17-19-10-12-21(33-2)13-11-19/h6,9-16,20H,3-5,7-8,17-18H2,1-2H3,(H,28,32)/t27-/m0/s1. The van der Waals surface area contributed by atoms with Gasteiger partial charge < -0.3 is 23.9 Å². The lowest BCUT2D eigenvalue weighted by molar-refractivity contribution is -0.134. The molecule has 1 N–H and O–H groups in total. The van der Waals surface area contributed by atoms with E-state index in [4.69, 9.17) is 9.15 Å². The molecule has 0 unspecified atom stereocenters. The number of amides is 2. The minimum absolute atomic E-state index is 0.106. The van der Waals surface area contributed by atoms with Crippen molar-refractivity contribution in [2.24, 2.45) is 0 Å². The highest BCUT2D eigenvalue weighted by molar-refractivity contribution is 6.00. The molecule has 3 aromatic rings. The number of hydrogen-bond acceptors (Lipinski definition) is 4. The number of carbonyl (C=O) groups excluding carboxylic acids is 2. The Hall–Kier alpha value is -3.48. The van der Waals surface area contributed by atoms with Gasteiger partial charge in [-0.25, -0.2) is 0 Å². The van der Waals surface area contributed by atoms with Gasteiger partial charge in [-0.05, 0) is 61.7 Å². The Bertz CT molecular complexity index is 1160. The summed E-state index contributed by atoms with van der Waals surface area (Å²) in [6.07, 6.45) is 7.05. The van der Waals surface area contributed by atoms with Crippen LogP contribution >= 0.6 is 0 Å². The smallest absolute Gasteiger partial charge is 0.271 e. The number of nitrogens with zero attached hydrogens (tertiary/aromatic N) is 2. The molecule has 0 spiro atoms. The first-order valence-electron chi connectivity index (χ1n) is 12.0. The van der Waals surface area contributed by atoms with Gasteiger partial charge in [-0.1, -0.05) is 31.4 Å². The van der Waals surface area contributed by atoms with Crippen LogP contribution in [-0.2, 0) is 17.9 Å². The molecule has 7 heteroatoms. The summed E-state index contributed by atoms with van der Waals surface area (Å²) in [4.78, 5) is 29.3. The largest absolute Gasteiger partial charge is 0.497 e. The van der Waals surface area contributed by atoms with Crippen molar-refractivity contribution < 1.29 is 18.7 Å². The van der Waals surface area contributed by atoms with Crippen LogP contribution in [-0.4, -0.2) is 40.0 Å². The first-order valence-corrected chi connectivity index (χ1v) is 12.0. The summed E-state index contributed by atoms with van der Waals surface area (Å²) in [5.41, 5.74) is 1.25. The molecule has 1 saturated carbocycles. The summed E-state index contributed by atoms with van der Waals surface area (Å²) in [5.74, 6) is 1.16. The first-order chi connectivity index (χ1) is 16.5. The third-order valence-corrected chi connectivity index (χ3v) is 7.21. The van der Waals surface area contributed by atoms with E-state index in [-0.39, 0.29) is 17.9 Å². The molecule has 1 atom stereocenters. The molecule has 34 heavy (non-hydrogen) atoms. The molecule has 5 rings (SSSR count). The van der Waals surface area contributed by atoms with Gasteiger partial charge in [0.15, 0.2) is 0 Å². The molecule has 2 amide bonds. The van der Waals surface area contributed by atoms with Gasteiger partial charge in [0.05, 0.1) is 25.6 Å². The van der Waals surface area contributed by atoms with Crippen molar-refractivity contribution in [2.75, 3.05) is 7.11 Å². The molecule has 0 bridgehead atoms. The quantitative estimate of drug-likeness (QED) is 0.581. The monoisotopic (exact) mass is 461 g/mol. The van der Waals surface area contributed by atoms with Gasteiger partial charge in [0, 0.05) is 12.6 Å². The third kappa shape index (κ3) is 4.00. The van der Waals surface area contributed by atoms with E-state index in [9.17, 15) is 9.59 Å². The van der Waals surface area contributed by atoms with Crippen LogP contribution in [0, 0.1) is 0 Å². The topological polar surface area (TPSA) is 76.7 Å². The van der Waals surface area contributed by atoms with Crippen LogP contribution in [0.4, 0.5) is 0 Å². The molecular formula is C27H31N3O4. The summed E-state index contributed by atoms with van der Waals surface area (Å²) in [7, 11) is 1.63. The number of nitrogens with one attached hydrogen (secondary N) is 1. The predicted molar refractivity (Wildman–Crippen MR) is 128 cm³/mol. The average molecular weight is 462 g/mol. The van der Waals surface area contributed by atoms with E-state index in [1.165, 1.54) is 6.42 Å². The lowest BCUT2D eigenvalue weighted by Gasteiger charge is -2.45. The molecular weight excluding hydrogens is 430 g/mol. The second-order valence-electron chi connectivity index (χ2n) is 9.49. The van der Waals surface area contributed by atoms with Crippen molar-refractivity contribution in [1.82, 2.24) is 14.8 Å². The number of carbonyl (C=O) groups is 2. The summed E-state index contributed by atoms with van der Waals surface area (Å²) >= 11 is 0. The van der Waals surface area contributed by atoms with Crippen LogP contribution in [0.25, 0.3) is 11.5 Å². The zero-order valence-electron chi connectivity index (χ0n) is 19.8. The number of furan rings is 1. The van der Waals surface area contributed by atoms with Crippen LogP contribution in [0.3, 0.4) is 0 Å². The molecule has 3 heterocycles. The molecule has 1 aromatic carbocycles. The summed E-state index contributed by atoms with van der Waals surface area (Å²) in [5, 5.41) is 3.27. The fourth-order valence-electron chi connectivity index (χ4n) is 5.16. The van der Waals surface area contributed by atoms with E-state index in [1.807, 2.05) is 60.0 Å². The fourth-order valence-corrected chi connectivity index (χ4v) is 5.16. The molecule has 7 nitrogen and oxygen atoms in total. The van der Waals surface area contributed by atoms with Crippen LogP contribution in [0.5, 0.6) is 5.75 Å². The van der Waals surface area contributed by atoms with Gasteiger partial charge in [0.1, 0.15) is 22.7 Å². The van der Waals surface area contributed by atoms with Gasteiger partial charge in [-0.2, -0.15) is 0 Å². The van der Waals surface area contributed by atoms with Crippen molar-refractivity contribution in [3.05, 3.63) is 66.1 Å². The maximum Gasteiger partial charge on any atom is 0.271 e. The number of aromatic nitrogens is 1. The van der Waals surface area contributed by atoms with Crippen molar-refractivity contribution in [3.8, 4) is 17.2 Å². The zero-order chi connectivity index (χ0) is 23.7. The van der Waals surface area contributed by atoms with Crippen LogP contribution in [0.1, 0.15) is 55.1 Å². The number of methoxy groups -OCH3 is 1. The Balaban J connectivity index is 1.51. The van der Waals surface area contributed by atoms with E-state index in [0.717, 1.165) is 42.7 Å². The Morgan fingerprint density at radius 3 is 2.50 bits per heavy atom. The Morgan fingerprint density at radius 1 is 1.09 bits per heavy atom. The highest BCUT2D eigenvalue weighted by Gasteiger charge is 2.48. The van der Waals surface area contributed by atoms with Gasteiger partial charge >= 0.3 is 0 Å². The maximum atomic E-state index is 13.8. The lowest BCUT2D eigenvalue weighted by Crippen LogP contribution is -2.64. The summed E-state index contributed by atoms with van der Waals surface area (Å²) in [6, 6.07) is 15.2. The van der Waals surface area contributed by atoms with Crippen LogP contribution in [0.2, 0.25) is 0 Å². The average Bonchev–Trinajstić information content (AvgIpc) is 3.53. The first kappa shape index (κ1) is 22.3. The molecule has 2 aliphatic rings. The minimum Gasteiger partial charge on any atom is -0.497 e. The lowest BCUT2D eigenvalue weighted by atomic mass is 9.91. The predicted octanol–water partition coefficient (Wildman–Crippen LogP) is 4.62.